The molecule has 2 aromatic carbocycles. The van der Waals surface area contributed by atoms with Gasteiger partial charge < -0.3 is 9.64 Å². The third-order valence-corrected chi connectivity index (χ3v) is 7.20. The zero-order valence-corrected chi connectivity index (χ0v) is 17.6. The highest BCUT2D eigenvalue weighted by Crippen LogP contribution is 2.32. The fourth-order valence-corrected chi connectivity index (χ4v) is 5.12. The molecule has 1 heterocycles. The van der Waals surface area contributed by atoms with Gasteiger partial charge in [-0.15, -0.1) is 0 Å². The van der Waals surface area contributed by atoms with Gasteiger partial charge in [0.1, 0.15) is 0 Å². The molecule has 3 rings (SSSR count). The van der Waals surface area contributed by atoms with Crippen LogP contribution in [0.3, 0.4) is 0 Å². The topological polar surface area (TPSA) is 66.9 Å². The lowest BCUT2D eigenvalue weighted by Gasteiger charge is -2.30. The Bertz CT molecular complexity index is 1020. The van der Waals surface area contributed by atoms with Crippen molar-refractivity contribution < 1.29 is 22.3 Å². The molecule has 0 aliphatic carbocycles. The summed E-state index contributed by atoms with van der Waals surface area (Å²) in [6, 6.07) is 8.96. The number of aryl methyl sites for hydroxylation is 1. The summed E-state index contributed by atoms with van der Waals surface area (Å²) < 4.78 is 46.0. The van der Waals surface area contributed by atoms with Crippen LogP contribution in [0.15, 0.2) is 41.3 Å². The predicted molar refractivity (Wildman–Crippen MR) is 109 cm³/mol. The van der Waals surface area contributed by atoms with E-state index in [2.05, 4.69) is 0 Å². The normalized spacial score (nSPS) is 14.0. The number of amides is 1. The number of hydrogen-bond donors (Lipinski definition) is 0. The molecule has 6 nitrogen and oxygen atoms in total. The van der Waals surface area contributed by atoms with Crippen molar-refractivity contribution in [2.45, 2.75) is 31.6 Å². The predicted octanol–water partition coefficient (Wildman–Crippen LogP) is 3.46. The molecule has 0 saturated heterocycles. The first-order chi connectivity index (χ1) is 13.8. The number of nitrogens with zero attached hydrogens (tertiary/aromatic N) is 2. The first-order valence-electron chi connectivity index (χ1n) is 9.62. The number of methoxy groups -OCH3 is 1. The Kier molecular flexibility index (Phi) is 6.24. The van der Waals surface area contributed by atoms with Crippen LogP contribution < -0.4 is 9.64 Å². The van der Waals surface area contributed by atoms with Gasteiger partial charge in [-0.3, -0.25) is 4.79 Å². The summed E-state index contributed by atoms with van der Waals surface area (Å²) in [5.41, 5.74) is 1.68. The van der Waals surface area contributed by atoms with Crippen molar-refractivity contribution in [2.75, 3.05) is 31.6 Å². The van der Waals surface area contributed by atoms with E-state index < -0.39 is 15.8 Å². The first kappa shape index (κ1) is 21.3. The number of sulfonamides is 1. The Morgan fingerprint density at radius 3 is 2.52 bits per heavy atom. The third kappa shape index (κ3) is 4.00. The quantitative estimate of drug-likeness (QED) is 0.718. The SMILES string of the molecule is CCN(CC)S(=O)(=O)c1ccc2c(c1)CCCN2C(=O)c1ccc(OC)c(F)c1. The molecule has 0 radical (unpaired) electrons. The zero-order chi connectivity index (χ0) is 21.2. The van der Waals surface area contributed by atoms with Crippen molar-refractivity contribution in [1.29, 1.82) is 0 Å². The Morgan fingerprint density at radius 1 is 1.17 bits per heavy atom. The minimum absolute atomic E-state index is 0.0758. The standard InChI is InChI=1S/C21H25FN2O4S/c1-4-23(5-2)29(26,27)17-9-10-19-15(13-17)7-6-12-24(19)21(25)16-8-11-20(28-3)18(22)14-16/h8-11,13-14H,4-7,12H2,1-3H3. The maximum atomic E-state index is 14.0. The minimum atomic E-state index is -3.57. The number of carbonyl (C=O) groups is 1. The molecular formula is C21H25FN2O4S. The number of fused-ring (bicyclic) bond motifs is 1. The molecule has 0 unspecified atom stereocenters. The summed E-state index contributed by atoms with van der Waals surface area (Å²) in [7, 11) is -2.21. The largest absolute Gasteiger partial charge is 0.494 e. The van der Waals surface area contributed by atoms with Crippen LogP contribution in [-0.2, 0) is 16.4 Å². The smallest absolute Gasteiger partial charge is 0.258 e. The van der Waals surface area contributed by atoms with Crippen molar-refractivity contribution in [3.05, 3.63) is 53.3 Å². The van der Waals surface area contributed by atoms with Gasteiger partial charge in [0.2, 0.25) is 10.0 Å². The second-order valence-electron chi connectivity index (χ2n) is 6.79. The van der Waals surface area contributed by atoms with Gasteiger partial charge in [-0.05, 0) is 54.8 Å². The molecular weight excluding hydrogens is 395 g/mol. The van der Waals surface area contributed by atoms with Crippen LogP contribution in [-0.4, -0.2) is 45.4 Å². The molecule has 0 spiro atoms. The molecule has 0 N–H and O–H groups in total. The van der Waals surface area contributed by atoms with E-state index in [-0.39, 0.29) is 22.1 Å². The number of ether oxygens (including phenoxy) is 1. The van der Waals surface area contributed by atoms with Gasteiger partial charge in [-0.25, -0.2) is 12.8 Å². The summed E-state index contributed by atoms with van der Waals surface area (Å²) in [4.78, 5) is 14.8. The van der Waals surface area contributed by atoms with Crippen LogP contribution in [0, 0.1) is 5.82 Å². The highest BCUT2D eigenvalue weighted by atomic mass is 32.2. The molecule has 0 atom stereocenters. The van der Waals surface area contributed by atoms with Gasteiger partial charge in [0, 0.05) is 30.9 Å². The van der Waals surface area contributed by atoms with Crippen LogP contribution in [0.2, 0.25) is 0 Å². The van der Waals surface area contributed by atoms with Crippen molar-refractivity contribution in [1.82, 2.24) is 4.31 Å². The van der Waals surface area contributed by atoms with Crippen molar-refractivity contribution in [3.63, 3.8) is 0 Å². The van der Waals surface area contributed by atoms with Crippen LogP contribution in [0.5, 0.6) is 5.75 Å². The monoisotopic (exact) mass is 420 g/mol. The molecule has 1 aliphatic heterocycles. The van der Waals surface area contributed by atoms with E-state index in [1.165, 1.54) is 29.6 Å². The molecule has 1 amide bonds. The molecule has 0 bridgehead atoms. The van der Waals surface area contributed by atoms with Gasteiger partial charge in [0.15, 0.2) is 11.6 Å². The van der Waals surface area contributed by atoms with Gasteiger partial charge in [0.25, 0.3) is 5.91 Å². The van der Waals surface area contributed by atoms with Gasteiger partial charge in [-0.2, -0.15) is 4.31 Å². The third-order valence-electron chi connectivity index (χ3n) is 5.16. The lowest BCUT2D eigenvalue weighted by atomic mass is 10.0. The van der Waals surface area contributed by atoms with E-state index in [9.17, 15) is 17.6 Å². The molecule has 29 heavy (non-hydrogen) atoms. The van der Waals surface area contributed by atoms with Crippen molar-refractivity contribution in [3.8, 4) is 5.75 Å². The maximum Gasteiger partial charge on any atom is 0.258 e. The average molecular weight is 421 g/mol. The number of anilines is 1. The highest BCUT2D eigenvalue weighted by Gasteiger charge is 2.28. The molecule has 156 valence electrons. The number of hydrogen-bond acceptors (Lipinski definition) is 4. The number of halogens is 1. The van der Waals surface area contributed by atoms with Crippen molar-refractivity contribution in [2.24, 2.45) is 0 Å². The Morgan fingerprint density at radius 2 is 1.90 bits per heavy atom. The molecule has 0 fully saturated rings. The van der Waals surface area contributed by atoms with E-state index in [0.29, 0.717) is 38.2 Å². The fraction of sp³-hybridized carbons (Fsp3) is 0.381. The summed E-state index contributed by atoms with van der Waals surface area (Å²) in [6.07, 6.45) is 1.38. The molecule has 1 aliphatic rings. The van der Waals surface area contributed by atoms with E-state index in [4.69, 9.17) is 4.74 Å². The second-order valence-corrected chi connectivity index (χ2v) is 8.73. The number of rotatable bonds is 6. The van der Waals surface area contributed by atoms with E-state index in [0.717, 1.165) is 11.6 Å². The maximum absolute atomic E-state index is 14.0. The van der Waals surface area contributed by atoms with Crippen LogP contribution in [0.4, 0.5) is 10.1 Å². The van der Waals surface area contributed by atoms with Gasteiger partial charge in [-0.1, -0.05) is 13.8 Å². The minimum Gasteiger partial charge on any atom is -0.494 e. The van der Waals surface area contributed by atoms with E-state index >= 15 is 0 Å². The zero-order valence-electron chi connectivity index (χ0n) is 16.8. The van der Waals surface area contributed by atoms with Crippen molar-refractivity contribution >= 4 is 21.6 Å². The van der Waals surface area contributed by atoms with Crippen LogP contribution in [0.1, 0.15) is 36.2 Å². The Labute approximate surface area is 170 Å². The van der Waals surface area contributed by atoms with Gasteiger partial charge in [0.05, 0.1) is 12.0 Å². The molecule has 2 aromatic rings. The van der Waals surface area contributed by atoms with Crippen LogP contribution >= 0.6 is 0 Å². The second kappa shape index (κ2) is 8.51. The Balaban J connectivity index is 1.95. The lowest BCUT2D eigenvalue weighted by molar-refractivity contribution is 0.0984. The highest BCUT2D eigenvalue weighted by molar-refractivity contribution is 7.89. The summed E-state index contributed by atoms with van der Waals surface area (Å²) >= 11 is 0. The van der Waals surface area contributed by atoms with E-state index in [1.54, 1.807) is 30.9 Å². The molecule has 8 heteroatoms. The van der Waals surface area contributed by atoms with Crippen LogP contribution in [0.25, 0.3) is 0 Å². The summed E-state index contributed by atoms with van der Waals surface area (Å²) in [5.74, 6) is -0.852. The number of benzene rings is 2. The average Bonchev–Trinajstić information content (AvgIpc) is 2.73. The van der Waals surface area contributed by atoms with E-state index in [1.807, 2.05) is 0 Å². The lowest BCUT2D eigenvalue weighted by Crippen LogP contribution is -2.36. The summed E-state index contributed by atoms with van der Waals surface area (Å²) in [5, 5.41) is 0. The molecule has 0 saturated carbocycles. The Hall–Kier alpha value is -2.45. The van der Waals surface area contributed by atoms with Gasteiger partial charge >= 0.3 is 0 Å². The first-order valence-corrected chi connectivity index (χ1v) is 11.1. The fourth-order valence-electron chi connectivity index (χ4n) is 3.61. The number of carbonyl (C=O) groups excluding carboxylic acids is 1. The molecule has 0 aromatic heterocycles. The summed E-state index contributed by atoms with van der Waals surface area (Å²) in [6.45, 7) is 4.87.